The Bertz CT molecular complexity index is 226. The van der Waals surface area contributed by atoms with Gasteiger partial charge in [-0.15, -0.1) is 0 Å². The average Bonchev–Trinajstić information content (AvgIpc) is 2.18. The number of hydrogen-bond acceptors (Lipinski definition) is 4. The molecule has 1 unspecified atom stereocenters. The van der Waals surface area contributed by atoms with E-state index in [2.05, 4.69) is 11.4 Å². The fourth-order valence-corrected chi connectivity index (χ4v) is 1.73. The van der Waals surface area contributed by atoms with E-state index in [0.29, 0.717) is 6.54 Å². The van der Waals surface area contributed by atoms with Gasteiger partial charge in [-0.2, -0.15) is 5.26 Å². The van der Waals surface area contributed by atoms with Crippen molar-refractivity contribution < 1.29 is 9.53 Å². The highest BCUT2D eigenvalue weighted by molar-refractivity contribution is 5.77. The summed E-state index contributed by atoms with van der Waals surface area (Å²) in [5, 5.41) is 11.8. The second-order valence-electron chi connectivity index (χ2n) is 3.39. The molecule has 0 aliphatic carbocycles. The summed E-state index contributed by atoms with van der Waals surface area (Å²) in [6.45, 7) is 1.48. The summed E-state index contributed by atoms with van der Waals surface area (Å²) >= 11 is 0. The molecule has 13 heavy (non-hydrogen) atoms. The molecule has 1 saturated heterocycles. The van der Waals surface area contributed by atoms with Crippen LogP contribution in [-0.4, -0.2) is 26.2 Å². The molecule has 1 atom stereocenters. The Kier molecular flexibility index (Phi) is 3.26. The molecule has 72 valence electrons. The zero-order chi connectivity index (χ0) is 9.73. The van der Waals surface area contributed by atoms with Gasteiger partial charge in [-0.3, -0.25) is 4.79 Å². The Hall–Kier alpha value is -1.08. The number of carbonyl (C=O) groups is 1. The first-order valence-electron chi connectivity index (χ1n) is 4.41. The summed E-state index contributed by atoms with van der Waals surface area (Å²) in [5.74, 6) is -0.263. The molecule has 1 rings (SSSR count). The molecule has 1 aliphatic rings. The van der Waals surface area contributed by atoms with Crippen molar-refractivity contribution in [3.8, 4) is 6.07 Å². The largest absolute Gasteiger partial charge is 0.469 e. The van der Waals surface area contributed by atoms with Crippen molar-refractivity contribution in [2.75, 3.05) is 20.2 Å². The van der Waals surface area contributed by atoms with Crippen molar-refractivity contribution in [3.05, 3.63) is 0 Å². The van der Waals surface area contributed by atoms with Gasteiger partial charge in [0.15, 0.2) is 0 Å². The van der Waals surface area contributed by atoms with Crippen LogP contribution in [0.5, 0.6) is 0 Å². The van der Waals surface area contributed by atoms with Gasteiger partial charge in [0, 0.05) is 6.54 Å². The van der Waals surface area contributed by atoms with Crippen LogP contribution in [0.2, 0.25) is 0 Å². The van der Waals surface area contributed by atoms with Crippen LogP contribution in [0.15, 0.2) is 0 Å². The highest BCUT2D eigenvalue weighted by Gasteiger charge is 2.40. The van der Waals surface area contributed by atoms with E-state index in [-0.39, 0.29) is 12.4 Å². The lowest BCUT2D eigenvalue weighted by Crippen LogP contribution is -2.45. The fraction of sp³-hybridized carbons (Fsp3) is 0.778. The van der Waals surface area contributed by atoms with Gasteiger partial charge < -0.3 is 10.1 Å². The van der Waals surface area contributed by atoms with E-state index in [1.807, 2.05) is 0 Å². The number of piperidine rings is 1. The van der Waals surface area contributed by atoms with Gasteiger partial charge in [0.25, 0.3) is 0 Å². The monoisotopic (exact) mass is 182 g/mol. The lowest BCUT2D eigenvalue weighted by molar-refractivity contribution is -0.153. The van der Waals surface area contributed by atoms with Crippen LogP contribution >= 0.6 is 0 Å². The molecule has 1 aliphatic heterocycles. The Morgan fingerprint density at radius 1 is 1.77 bits per heavy atom. The summed E-state index contributed by atoms with van der Waals surface area (Å²) < 4.78 is 4.72. The molecule has 0 bridgehead atoms. The summed E-state index contributed by atoms with van der Waals surface area (Å²) in [6, 6.07) is 2.05. The predicted octanol–water partition coefficient (Wildman–Crippen LogP) is 0.443. The quantitative estimate of drug-likeness (QED) is 0.629. The van der Waals surface area contributed by atoms with Crippen molar-refractivity contribution in [3.63, 3.8) is 0 Å². The SMILES string of the molecule is COC(=O)C1(CC#N)CCCNC1. The number of nitrogens with zero attached hydrogens (tertiary/aromatic N) is 1. The second kappa shape index (κ2) is 4.24. The van der Waals surface area contributed by atoms with E-state index in [0.717, 1.165) is 19.4 Å². The van der Waals surface area contributed by atoms with Gasteiger partial charge in [0.05, 0.1) is 25.0 Å². The lowest BCUT2D eigenvalue weighted by Gasteiger charge is -2.32. The maximum atomic E-state index is 11.5. The summed E-state index contributed by atoms with van der Waals surface area (Å²) in [6.07, 6.45) is 1.92. The molecule has 1 heterocycles. The maximum absolute atomic E-state index is 11.5. The van der Waals surface area contributed by atoms with Gasteiger partial charge in [-0.1, -0.05) is 0 Å². The first kappa shape index (κ1) is 10.0. The molecule has 0 amide bonds. The average molecular weight is 182 g/mol. The van der Waals surface area contributed by atoms with Gasteiger partial charge in [-0.25, -0.2) is 0 Å². The van der Waals surface area contributed by atoms with Gasteiger partial charge in [0.2, 0.25) is 0 Å². The van der Waals surface area contributed by atoms with Crippen LogP contribution in [0.25, 0.3) is 0 Å². The van der Waals surface area contributed by atoms with Gasteiger partial charge in [0.1, 0.15) is 0 Å². The number of rotatable bonds is 2. The molecule has 0 spiro atoms. The van der Waals surface area contributed by atoms with E-state index in [9.17, 15) is 4.79 Å². The van der Waals surface area contributed by atoms with Crippen LogP contribution in [0.3, 0.4) is 0 Å². The van der Waals surface area contributed by atoms with Crippen LogP contribution in [0.4, 0.5) is 0 Å². The van der Waals surface area contributed by atoms with E-state index in [1.165, 1.54) is 7.11 Å². The summed E-state index contributed by atoms with van der Waals surface area (Å²) in [7, 11) is 1.37. The van der Waals surface area contributed by atoms with Crippen molar-refractivity contribution in [1.82, 2.24) is 5.32 Å². The first-order chi connectivity index (χ1) is 6.25. The van der Waals surface area contributed by atoms with Crippen molar-refractivity contribution in [2.24, 2.45) is 5.41 Å². The molecule has 0 saturated carbocycles. The second-order valence-corrected chi connectivity index (χ2v) is 3.39. The molecule has 1 fully saturated rings. The third-order valence-electron chi connectivity index (χ3n) is 2.51. The van der Waals surface area contributed by atoms with E-state index in [1.54, 1.807) is 0 Å². The van der Waals surface area contributed by atoms with E-state index in [4.69, 9.17) is 10.00 Å². The minimum atomic E-state index is -0.595. The number of methoxy groups -OCH3 is 1. The highest BCUT2D eigenvalue weighted by atomic mass is 16.5. The minimum absolute atomic E-state index is 0.243. The fourth-order valence-electron chi connectivity index (χ4n) is 1.73. The van der Waals surface area contributed by atoms with Crippen LogP contribution in [0.1, 0.15) is 19.3 Å². The molecule has 0 aromatic heterocycles. The smallest absolute Gasteiger partial charge is 0.314 e. The highest BCUT2D eigenvalue weighted by Crippen LogP contribution is 2.31. The summed E-state index contributed by atoms with van der Waals surface area (Å²) in [4.78, 5) is 11.5. The zero-order valence-corrected chi connectivity index (χ0v) is 7.80. The van der Waals surface area contributed by atoms with Crippen LogP contribution < -0.4 is 5.32 Å². The first-order valence-corrected chi connectivity index (χ1v) is 4.41. The third-order valence-corrected chi connectivity index (χ3v) is 2.51. The molecule has 4 heteroatoms. The molecular weight excluding hydrogens is 168 g/mol. The molecular formula is C9H14N2O2. The van der Waals surface area contributed by atoms with E-state index >= 15 is 0 Å². The van der Waals surface area contributed by atoms with Crippen molar-refractivity contribution in [1.29, 1.82) is 5.26 Å². The predicted molar refractivity (Wildman–Crippen MR) is 46.8 cm³/mol. The number of hydrogen-bond donors (Lipinski definition) is 1. The Labute approximate surface area is 77.9 Å². The van der Waals surface area contributed by atoms with Crippen LogP contribution in [0, 0.1) is 16.7 Å². The lowest BCUT2D eigenvalue weighted by atomic mass is 9.78. The van der Waals surface area contributed by atoms with Crippen LogP contribution in [-0.2, 0) is 9.53 Å². The standard InChI is InChI=1S/C9H14N2O2/c1-13-8(12)9(4-5-10)3-2-6-11-7-9/h11H,2-4,6-7H2,1H3. The number of esters is 1. The third kappa shape index (κ3) is 1.99. The molecule has 0 aromatic carbocycles. The normalized spacial score (nSPS) is 27.7. The molecule has 4 nitrogen and oxygen atoms in total. The molecule has 1 N–H and O–H groups in total. The zero-order valence-electron chi connectivity index (χ0n) is 7.80. The van der Waals surface area contributed by atoms with Gasteiger partial charge >= 0.3 is 5.97 Å². The Morgan fingerprint density at radius 3 is 3.00 bits per heavy atom. The number of nitrogens with one attached hydrogen (secondary N) is 1. The Balaban J connectivity index is 2.73. The number of ether oxygens (including phenoxy) is 1. The number of carbonyl (C=O) groups excluding carboxylic acids is 1. The van der Waals surface area contributed by atoms with Gasteiger partial charge in [-0.05, 0) is 19.4 Å². The van der Waals surface area contributed by atoms with E-state index < -0.39 is 5.41 Å². The Morgan fingerprint density at radius 2 is 2.54 bits per heavy atom. The van der Waals surface area contributed by atoms with Crippen molar-refractivity contribution in [2.45, 2.75) is 19.3 Å². The number of nitriles is 1. The summed E-state index contributed by atoms with van der Waals surface area (Å²) in [5.41, 5.74) is -0.595. The van der Waals surface area contributed by atoms with Crippen molar-refractivity contribution >= 4 is 5.97 Å². The maximum Gasteiger partial charge on any atom is 0.314 e. The topological polar surface area (TPSA) is 62.1 Å². The molecule has 0 radical (unpaired) electrons. The minimum Gasteiger partial charge on any atom is -0.469 e. The molecule has 0 aromatic rings.